The molecule has 0 radical (unpaired) electrons. The molecule has 6 nitrogen and oxygen atoms in total. The predicted molar refractivity (Wildman–Crippen MR) is 123 cm³/mol. The van der Waals surface area contributed by atoms with Crippen molar-refractivity contribution >= 4 is 11.7 Å². The molecule has 34 heavy (non-hydrogen) atoms. The number of nitrogens with one attached hydrogen (secondary N) is 1. The molecule has 1 saturated carbocycles. The summed E-state index contributed by atoms with van der Waals surface area (Å²) in [5.41, 5.74) is 8.24. The normalized spacial score (nSPS) is 22.8. The molecule has 2 aromatic rings. The van der Waals surface area contributed by atoms with E-state index in [4.69, 9.17) is 10.7 Å². The van der Waals surface area contributed by atoms with E-state index in [2.05, 4.69) is 10.2 Å². The number of imidazole rings is 1. The highest BCUT2D eigenvalue weighted by Crippen LogP contribution is 2.36. The molecule has 1 aromatic carbocycles. The molecule has 1 aliphatic heterocycles. The lowest BCUT2D eigenvalue weighted by molar-refractivity contribution is -0.0941. The first-order chi connectivity index (χ1) is 16.3. The highest BCUT2D eigenvalue weighted by atomic mass is 19.4. The Morgan fingerprint density at radius 1 is 1.12 bits per heavy atom. The van der Waals surface area contributed by atoms with Gasteiger partial charge in [-0.3, -0.25) is 4.79 Å². The maximum Gasteiger partial charge on any atom is 0.412 e. The number of hydrogen-bond donors (Lipinski definition) is 2. The van der Waals surface area contributed by atoms with Gasteiger partial charge < -0.3 is 20.5 Å². The molecule has 0 spiro atoms. The van der Waals surface area contributed by atoms with Crippen molar-refractivity contribution in [2.75, 3.05) is 11.6 Å². The Bertz CT molecular complexity index is 1140. The Labute approximate surface area is 196 Å². The van der Waals surface area contributed by atoms with E-state index < -0.39 is 11.7 Å². The van der Waals surface area contributed by atoms with Crippen molar-refractivity contribution in [1.29, 1.82) is 0 Å². The molecule has 5 rings (SSSR count). The second kappa shape index (κ2) is 8.94. The minimum absolute atomic E-state index is 0.0116. The molecule has 2 aliphatic carbocycles. The Kier molecular flexibility index (Phi) is 5.97. The smallest absolute Gasteiger partial charge is 0.333 e. The standard InChI is InChI=1S/C25H28F3N5O/c26-25(27,28)18-11-9-16(10-12-18)13-21-31-23-22(32(21)14-17-5-2-1-3-6-17)24(34)30-15-33(23)20-8-4-7-19(20)29/h1-3,5-6,9,11,19-20H,4,7-8,10,12-15,29H2,(H,30,34)/t19-,20+/m1/s1. The van der Waals surface area contributed by atoms with Gasteiger partial charge >= 0.3 is 6.18 Å². The number of benzene rings is 1. The number of halogens is 3. The van der Waals surface area contributed by atoms with Gasteiger partial charge in [-0.25, -0.2) is 4.98 Å². The van der Waals surface area contributed by atoms with Crippen LogP contribution in [0.15, 0.2) is 53.6 Å². The van der Waals surface area contributed by atoms with E-state index in [1.165, 1.54) is 6.08 Å². The quantitative estimate of drug-likeness (QED) is 0.689. The van der Waals surface area contributed by atoms with Crippen LogP contribution in [-0.4, -0.2) is 40.4 Å². The average molecular weight is 472 g/mol. The SMILES string of the molecule is N[C@@H]1CCC[C@@H]1N1CNC(=O)c2c1nc(CC1=CC=C(C(F)(F)F)CC1)n2Cc1ccccc1. The van der Waals surface area contributed by atoms with Crippen LogP contribution in [0.3, 0.4) is 0 Å². The van der Waals surface area contributed by atoms with Crippen LogP contribution in [0.2, 0.25) is 0 Å². The monoisotopic (exact) mass is 471 g/mol. The predicted octanol–water partition coefficient (Wildman–Crippen LogP) is 4.07. The topological polar surface area (TPSA) is 76.2 Å². The van der Waals surface area contributed by atoms with Gasteiger partial charge in [-0.2, -0.15) is 13.2 Å². The average Bonchev–Trinajstić information content (AvgIpc) is 3.39. The fourth-order valence-corrected chi connectivity index (χ4v) is 5.19. The second-order valence-corrected chi connectivity index (χ2v) is 9.26. The molecule has 9 heteroatoms. The Morgan fingerprint density at radius 3 is 2.56 bits per heavy atom. The number of nitrogens with zero attached hydrogens (tertiary/aromatic N) is 3. The zero-order chi connectivity index (χ0) is 23.9. The molecule has 0 bridgehead atoms. The third-order valence-corrected chi connectivity index (χ3v) is 7.03. The summed E-state index contributed by atoms with van der Waals surface area (Å²) in [7, 11) is 0. The van der Waals surface area contributed by atoms with Gasteiger partial charge in [0, 0.05) is 30.6 Å². The molecule has 1 fully saturated rings. The third kappa shape index (κ3) is 4.36. The number of aromatic nitrogens is 2. The Hall–Kier alpha value is -3.07. The molecule has 0 saturated heterocycles. The lowest BCUT2D eigenvalue weighted by Gasteiger charge is -2.35. The van der Waals surface area contributed by atoms with Gasteiger partial charge in [0.1, 0.15) is 5.82 Å². The van der Waals surface area contributed by atoms with Gasteiger partial charge in [-0.15, -0.1) is 0 Å². The first-order valence-electron chi connectivity index (χ1n) is 11.7. The zero-order valence-corrected chi connectivity index (χ0v) is 18.8. The van der Waals surface area contributed by atoms with Crippen LogP contribution in [0.25, 0.3) is 0 Å². The lowest BCUT2D eigenvalue weighted by Crippen LogP contribution is -2.53. The summed E-state index contributed by atoms with van der Waals surface area (Å²) in [6.45, 7) is 0.805. The van der Waals surface area contributed by atoms with Crippen molar-refractivity contribution in [2.45, 2.75) is 63.3 Å². The number of rotatable bonds is 5. The highest BCUT2D eigenvalue weighted by molar-refractivity contribution is 5.99. The molecular weight excluding hydrogens is 443 g/mol. The Morgan fingerprint density at radius 2 is 1.91 bits per heavy atom. The summed E-state index contributed by atoms with van der Waals surface area (Å²) in [4.78, 5) is 20.0. The first kappa shape index (κ1) is 22.7. The van der Waals surface area contributed by atoms with Crippen LogP contribution >= 0.6 is 0 Å². The largest absolute Gasteiger partial charge is 0.412 e. The van der Waals surface area contributed by atoms with Crippen molar-refractivity contribution in [3.8, 4) is 0 Å². The van der Waals surface area contributed by atoms with Gasteiger partial charge in [0.05, 0.1) is 6.67 Å². The number of alkyl halides is 3. The summed E-state index contributed by atoms with van der Waals surface area (Å²) in [6.07, 6.45) is 1.98. The van der Waals surface area contributed by atoms with Gasteiger partial charge in [-0.05, 0) is 37.7 Å². The van der Waals surface area contributed by atoms with E-state index in [0.29, 0.717) is 43.4 Å². The number of hydrogen-bond acceptors (Lipinski definition) is 4. The molecule has 1 aromatic heterocycles. The summed E-state index contributed by atoms with van der Waals surface area (Å²) >= 11 is 0. The number of allylic oxidation sites excluding steroid dienone is 4. The molecule has 0 unspecified atom stereocenters. The number of carbonyl (C=O) groups is 1. The summed E-state index contributed by atoms with van der Waals surface area (Å²) in [5, 5.41) is 2.97. The molecule has 180 valence electrons. The summed E-state index contributed by atoms with van der Waals surface area (Å²) in [5.74, 6) is 1.11. The number of amides is 1. The van der Waals surface area contributed by atoms with Crippen LogP contribution < -0.4 is 16.0 Å². The maximum absolute atomic E-state index is 13.0. The van der Waals surface area contributed by atoms with Gasteiger partial charge in [0.25, 0.3) is 5.91 Å². The minimum Gasteiger partial charge on any atom is -0.333 e. The van der Waals surface area contributed by atoms with E-state index in [1.54, 1.807) is 6.08 Å². The summed E-state index contributed by atoms with van der Waals surface area (Å²) < 4.78 is 41.1. The minimum atomic E-state index is -4.30. The maximum atomic E-state index is 13.0. The van der Waals surface area contributed by atoms with Crippen LogP contribution in [0.5, 0.6) is 0 Å². The van der Waals surface area contributed by atoms with E-state index in [0.717, 1.165) is 30.4 Å². The van der Waals surface area contributed by atoms with Crippen molar-refractivity contribution in [1.82, 2.24) is 14.9 Å². The van der Waals surface area contributed by atoms with Gasteiger partial charge in [0.15, 0.2) is 11.5 Å². The van der Waals surface area contributed by atoms with Crippen molar-refractivity contribution in [3.05, 3.63) is 70.7 Å². The Balaban J connectivity index is 1.53. The second-order valence-electron chi connectivity index (χ2n) is 9.26. The van der Waals surface area contributed by atoms with Crippen molar-refractivity contribution in [2.24, 2.45) is 5.73 Å². The summed E-state index contributed by atoms with van der Waals surface area (Å²) in [6, 6.07) is 9.89. The fourth-order valence-electron chi connectivity index (χ4n) is 5.19. The van der Waals surface area contributed by atoms with Crippen LogP contribution in [-0.2, 0) is 13.0 Å². The fraction of sp³-hybridized carbons (Fsp3) is 0.440. The molecular formula is C25H28F3N5O. The van der Waals surface area contributed by atoms with E-state index in [9.17, 15) is 18.0 Å². The highest BCUT2D eigenvalue weighted by Gasteiger charge is 2.38. The number of nitrogens with two attached hydrogens (primary N) is 1. The van der Waals surface area contributed by atoms with Crippen LogP contribution in [0.1, 0.15) is 54.0 Å². The van der Waals surface area contributed by atoms with Gasteiger partial charge in [0.2, 0.25) is 0 Å². The number of anilines is 1. The lowest BCUT2D eigenvalue weighted by atomic mass is 9.96. The first-order valence-corrected chi connectivity index (χ1v) is 11.7. The number of carbonyl (C=O) groups excluding carboxylic acids is 1. The van der Waals surface area contributed by atoms with Gasteiger partial charge in [-0.1, -0.05) is 48.1 Å². The van der Waals surface area contributed by atoms with Crippen molar-refractivity contribution < 1.29 is 18.0 Å². The molecule has 3 aliphatic rings. The molecule has 2 atom stereocenters. The van der Waals surface area contributed by atoms with E-state index >= 15 is 0 Å². The van der Waals surface area contributed by atoms with Crippen LogP contribution in [0, 0.1) is 0 Å². The van der Waals surface area contributed by atoms with E-state index in [-0.39, 0.29) is 24.4 Å². The molecule has 3 N–H and O–H groups in total. The molecule has 1 amide bonds. The third-order valence-electron chi connectivity index (χ3n) is 7.03. The number of fused-ring (bicyclic) bond motifs is 1. The van der Waals surface area contributed by atoms with E-state index in [1.807, 2.05) is 34.9 Å². The zero-order valence-electron chi connectivity index (χ0n) is 18.8. The van der Waals surface area contributed by atoms with Crippen molar-refractivity contribution in [3.63, 3.8) is 0 Å². The molecule has 2 heterocycles. The van der Waals surface area contributed by atoms with Crippen LogP contribution in [0.4, 0.5) is 19.0 Å².